The first-order valence-electron chi connectivity index (χ1n) is 2.02. The number of carbonyl (C=O) groups excluding carboxylic acids is 1. The first-order valence-corrected chi connectivity index (χ1v) is 2.02. The first kappa shape index (κ1) is 11.8. The van der Waals surface area contributed by atoms with Crippen LogP contribution in [0.5, 0.6) is 0 Å². The predicted molar refractivity (Wildman–Crippen MR) is 26.8 cm³/mol. The van der Waals surface area contributed by atoms with Crippen molar-refractivity contribution in [3.8, 4) is 0 Å². The fourth-order valence-corrected chi connectivity index (χ4v) is 0.186. The minimum absolute atomic E-state index is 0. The van der Waals surface area contributed by atoms with Crippen molar-refractivity contribution in [2.45, 2.75) is 13.0 Å². The third-order valence-electron chi connectivity index (χ3n) is 0.573. The van der Waals surface area contributed by atoms with Gasteiger partial charge in [-0.2, -0.15) is 0 Å². The van der Waals surface area contributed by atoms with E-state index in [0.717, 1.165) is 0 Å². The number of ether oxygens (including phenoxy) is 1. The number of methoxy groups -OCH3 is 1. The van der Waals surface area contributed by atoms with Crippen molar-refractivity contribution in [1.82, 2.24) is 0 Å². The smallest absolute Gasteiger partial charge is 1.00 e. The summed E-state index contributed by atoms with van der Waals surface area (Å²) in [5.41, 5.74) is 5.07. The Bertz CT molecular complexity index is 79.0. The molecule has 0 aromatic carbocycles. The van der Waals surface area contributed by atoms with E-state index in [2.05, 4.69) is 4.74 Å². The summed E-state index contributed by atoms with van der Waals surface area (Å²) in [5, 5.41) is 0. The summed E-state index contributed by atoms with van der Waals surface area (Å²) in [7, 11) is 1.31. The summed E-state index contributed by atoms with van der Waals surface area (Å²) >= 11 is 0. The predicted octanol–water partition coefficient (Wildman–Crippen LogP) is -3.38. The standard InChI is InChI=1S/C4H9NO2.K.H/c1-3(5)4(6)7-2;;/h3H,5H2,1-2H3;;/q;+1;-1. The maximum Gasteiger partial charge on any atom is 1.00 e. The maximum absolute atomic E-state index is 10.2. The topological polar surface area (TPSA) is 52.3 Å². The molecular formula is C4H10KNO2. The zero-order valence-corrected chi connectivity index (χ0v) is 8.59. The molecule has 0 aromatic rings. The van der Waals surface area contributed by atoms with Crippen LogP contribution in [0.15, 0.2) is 0 Å². The molecule has 8 heavy (non-hydrogen) atoms. The summed E-state index contributed by atoms with van der Waals surface area (Å²) in [5.74, 6) is -0.375. The van der Waals surface area contributed by atoms with Gasteiger partial charge in [0.2, 0.25) is 0 Å². The van der Waals surface area contributed by atoms with E-state index in [9.17, 15) is 4.79 Å². The molecule has 0 heterocycles. The normalized spacial score (nSPS) is 11.4. The van der Waals surface area contributed by atoms with Crippen LogP contribution in [0.3, 0.4) is 0 Å². The average molecular weight is 143 g/mol. The Morgan fingerprint density at radius 3 is 2.25 bits per heavy atom. The van der Waals surface area contributed by atoms with Crippen molar-refractivity contribution >= 4 is 5.97 Å². The molecule has 0 bridgehead atoms. The number of hydrogen-bond donors (Lipinski definition) is 1. The van der Waals surface area contributed by atoms with Crippen molar-refractivity contribution in [2.24, 2.45) is 5.73 Å². The van der Waals surface area contributed by atoms with Gasteiger partial charge in [-0.3, -0.25) is 4.79 Å². The molecular weight excluding hydrogens is 133 g/mol. The van der Waals surface area contributed by atoms with Crippen LogP contribution in [0.2, 0.25) is 0 Å². The van der Waals surface area contributed by atoms with Crippen molar-refractivity contribution in [1.29, 1.82) is 0 Å². The summed E-state index contributed by atoms with van der Waals surface area (Å²) in [6, 6.07) is -0.495. The molecule has 0 saturated heterocycles. The Morgan fingerprint density at radius 1 is 1.88 bits per heavy atom. The van der Waals surface area contributed by atoms with E-state index in [1.807, 2.05) is 0 Å². The second-order valence-electron chi connectivity index (χ2n) is 1.31. The molecule has 1 unspecified atom stereocenters. The molecule has 2 N–H and O–H groups in total. The van der Waals surface area contributed by atoms with Crippen LogP contribution in [0.4, 0.5) is 0 Å². The van der Waals surface area contributed by atoms with Crippen LogP contribution in [-0.2, 0) is 9.53 Å². The molecule has 4 heteroatoms. The van der Waals surface area contributed by atoms with E-state index in [4.69, 9.17) is 5.73 Å². The van der Waals surface area contributed by atoms with E-state index in [1.165, 1.54) is 7.11 Å². The number of hydrogen-bond acceptors (Lipinski definition) is 3. The summed E-state index contributed by atoms with van der Waals surface area (Å²) in [4.78, 5) is 10.2. The maximum atomic E-state index is 10.2. The zero-order chi connectivity index (χ0) is 5.86. The minimum atomic E-state index is -0.495. The number of esters is 1. The molecule has 44 valence electrons. The molecule has 0 rings (SSSR count). The van der Waals surface area contributed by atoms with Crippen molar-refractivity contribution in [3.63, 3.8) is 0 Å². The van der Waals surface area contributed by atoms with Crippen LogP contribution in [0, 0.1) is 0 Å². The van der Waals surface area contributed by atoms with Gasteiger partial charge in [-0.05, 0) is 6.92 Å². The molecule has 0 spiro atoms. The van der Waals surface area contributed by atoms with Gasteiger partial charge in [-0.25, -0.2) is 0 Å². The molecule has 0 amide bonds. The summed E-state index contributed by atoms with van der Waals surface area (Å²) in [6.07, 6.45) is 0. The third kappa shape index (κ3) is 5.21. The monoisotopic (exact) mass is 143 g/mol. The average Bonchev–Trinajstić information content (AvgIpc) is 1.65. The van der Waals surface area contributed by atoms with Gasteiger partial charge in [0.05, 0.1) is 7.11 Å². The van der Waals surface area contributed by atoms with Crippen LogP contribution in [0.25, 0.3) is 0 Å². The number of nitrogens with two attached hydrogens (primary N) is 1. The van der Waals surface area contributed by atoms with Crippen LogP contribution in [-0.4, -0.2) is 19.1 Å². The number of rotatable bonds is 1. The Labute approximate surface area is 92.9 Å². The second-order valence-corrected chi connectivity index (χ2v) is 1.31. The Kier molecular flexibility index (Phi) is 9.14. The third-order valence-corrected chi connectivity index (χ3v) is 0.573. The van der Waals surface area contributed by atoms with Crippen molar-refractivity contribution in [3.05, 3.63) is 0 Å². The van der Waals surface area contributed by atoms with E-state index in [0.29, 0.717) is 0 Å². The van der Waals surface area contributed by atoms with E-state index in [-0.39, 0.29) is 58.8 Å². The molecule has 0 aliphatic carbocycles. The second kappa shape index (κ2) is 6.19. The Morgan fingerprint density at radius 2 is 2.25 bits per heavy atom. The Hall–Kier alpha value is 1.07. The van der Waals surface area contributed by atoms with Crippen molar-refractivity contribution < 1.29 is 62.3 Å². The molecule has 0 saturated carbocycles. The SMILES string of the molecule is COC(=O)C(C)N.[H-].[K+]. The molecule has 0 radical (unpaired) electrons. The van der Waals surface area contributed by atoms with Gasteiger partial charge in [-0.15, -0.1) is 0 Å². The Balaban J connectivity index is -0.000000180. The minimum Gasteiger partial charge on any atom is -1.00 e. The molecule has 0 aromatic heterocycles. The fourth-order valence-electron chi connectivity index (χ4n) is 0.186. The van der Waals surface area contributed by atoms with Gasteiger partial charge < -0.3 is 11.9 Å². The summed E-state index contributed by atoms with van der Waals surface area (Å²) in [6.45, 7) is 1.58. The molecule has 0 fully saturated rings. The van der Waals surface area contributed by atoms with Gasteiger partial charge in [-0.1, -0.05) is 0 Å². The zero-order valence-electron chi connectivity index (χ0n) is 6.47. The molecule has 1 atom stereocenters. The van der Waals surface area contributed by atoms with Crippen LogP contribution >= 0.6 is 0 Å². The van der Waals surface area contributed by atoms with Crippen molar-refractivity contribution in [2.75, 3.05) is 7.11 Å². The van der Waals surface area contributed by atoms with Gasteiger partial charge in [0.15, 0.2) is 0 Å². The fraction of sp³-hybridized carbons (Fsp3) is 0.750. The molecule has 0 aliphatic heterocycles. The van der Waals surface area contributed by atoms with E-state index < -0.39 is 6.04 Å². The molecule has 0 aliphatic rings. The van der Waals surface area contributed by atoms with E-state index in [1.54, 1.807) is 6.92 Å². The van der Waals surface area contributed by atoms with Gasteiger partial charge in [0, 0.05) is 0 Å². The van der Waals surface area contributed by atoms with Gasteiger partial charge in [0.25, 0.3) is 0 Å². The van der Waals surface area contributed by atoms with Crippen LogP contribution < -0.4 is 57.1 Å². The van der Waals surface area contributed by atoms with Crippen LogP contribution in [0.1, 0.15) is 8.35 Å². The van der Waals surface area contributed by atoms with Gasteiger partial charge >= 0.3 is 57.4 Å². The molecule has 3 nitrogen and oxygen atoms in total. The van der Waals surface area contributed by atoms with Gasteiger partial charge in [0.1, 0.15) is 6.04 Å². The van der Waals surface area contributed by atoms with E-state index >= 15 is 0 Å². The summed E-state index contributed by atoms with van der Waals surface area (Å²) < 4.78 is 4.25. The first-order chi connectivity index (χ1) is 3.18. The number of carbonyl (C=O) groups is 1. The largest absolute Gasteiger partial charge is 1.00 e. The quantitative estimate of drug-likeness (QED) is 0.308.